The summed E-state index contributed by atoms with van der Waals surface area (Å²) in [6.45, 7) is 9.65. The molecular weight excluding hydrogens is 364 g/mol. The number of carbonyl (C=O) groups excluding carboxylic acids is 1. The predicted octanol–water partition coefficient (Wildman–Crippen LogP) is 1.50. The van der Waals surface area contributed by atoms with Crippen LogP contribution in [-0.2, 0) is 21.2 Å². The minimum atomic E-state index is -3.20. The Kier molecular flexibility index (Phi) is 6.19. The molecule has 8 heteroatoms. The molecule has 1 N–H and O–H groups in total. The third kappa shape index (κ3) is 5.00. The highest BCUT2D eigenvalue weighted by Gasteiger charge is 2.40. The van der Waals surface area contributed by atoms with Crippen molar-refractivity contribution >= 4 is 21.7 Å². The van der Waals surface area contributed by atoms with Gasteiger partial charge in [0.05, 0.1) is 17.0 Å². The highest BCUT2D eigenvalue weighted by Crippen LogP contribution is 2.24. The molecule has 0 bridgehead atoms. The number of nitrogens with one attached hydrogen (secondary N) is 1. The third-order valence-electron chi connectivity index (χ3n) is 4.65. The van der Waals surface area contributed by atoms with E-state index in [0.29, 0.717) is 23.9 Å². The molecule has 1 amide bonds. The molecule has 1 saturated heterocycles. The molecule has 7 nitrogen and oxygen atoms in total. The van der Waals surface area contributed by atoms with Crippen molar-refractivity contribution in [1.29, 1.82) is 0 Å². The molecule has 1 fully saturated rings. The molecule has 0 spiro atoms. The Hall–Kier alpha value is -2.09. The number of aliphatic imine (C=N–C) groups is 1. The van der Waals surface area contributed by atoms with Gasteiger partial charge in [0.2, 0.25) is 5.91 Å². The zero-order valence-corrected chi connectivity index (χ0v) is 17.8. The number of hydrogen-bond donors (Lipinski definition) is 1. The fourth-order valence-electron chi connectivity index (χ4n) is 3.68. The number of benzene rings is 1. The second-order valence-electron chi connectivity index (χ2n) is 7.84. The molecule has 1 heterocycles. The van der Waals surface area contributed by atoms with Crippen LogP contribution in [0.1, 0.15) is 33.3 Å². The molecule has 1 aliphatic heterocycles. The largest absolute Gasteiger partial charge is 0.352 e. The molecule has 0 unspecified atom stereocenters. The maximum absolute atomic E-state index is 12.6. The number of piperazine rings is 1. The van der Waals surface area contributed by atoms with Gasteiger partial charge in [-0.2, -0.15) is 0 Å². The fraction of sp³-hybridized carbons (Fsp3) is 0.579. The van der Waals surface area contributed by atoms with Crippen LogP contribution >= 0.6 is 0 Å². The van der Waals surface area contributed by atoms with Crippen LogP contribution in [0.4, 0.5) is 0 Å². The first kappa shape index (κ1) is 21.2. The van der Waals surface area contributed by atoms with Gasteiger partial charge in [-0.15, -0.1) is 0 Å². The second kappa shape index (κ2) is 7.88. The lowest BCUT2D eigenvalue weighted by Gasteiger charge is -2.49. The van der Waals surface area contributed by atoms with E-state index in [0.717, 1.165) is 5.56 Å². The third-order valence-corrected chi connectivity index (χ3v) is 5.78. The van der Waals surface area contributed by atoms with E-state index in [1.165, 1.54) is 6.26 Å². The van der Waals surface area contributed by atoms with Crippen molar-refractivity contribution in [2.45, 2.75) is 50.7 Å². The van der Waals surface area contributed by atoms with Crippen molar-refractivity contribution in [1.82, 2.24) is 15.1 Å². The van der Waals surface area contributed by atoms with Crippen molar-refractivity contribution < 1.29 is 13.2 Å². The van der Waals surface area contributed by atoms with E-state index >= 15 is 0 Å². The molecule has 0 saturated carbocycles. The standard InChI is InChI=1S/C19H30N4O3S/c1-14(2)23-17(24)12-22(13-19(23,3)4)18(20-5)21-11-15-7-9-16(10-8-15)27(6,25)26/h7-10,14H,11-13H2,1-6H3,(H,20,21). The highest BCUT2D eigenvalue weighted by atomic mass is 32.2. The number of hydrogen-bond acceptors (Lipinski definition) is 4. The summed E-state index contributed by atoms with van der Waals surface area (Å²) in [6.07, 6.45) is 1.19. The summed E-state index contributed by atoms with van der Waals surface area (Å²) in [5, 5.41) is 3.27. The van der Waals surface area contributed by atoms with Gasteiger partial charge in [-0.1, -0.05) is 12.1 Å². The molecule has 1 aromatic carbocycles. The number of amides is 1. The topological polar surface area (TPSA) is 82.1 Å². The number of carbonyl (C=O) groups is 1. The van der Waals surface area contributed by atoms with E-state index in [1.807, 2.05) is 23.6 Å². The van der Waals surface area contributed by atoms with Crippen molar-refractivity contribution in [2.24, 2.45) is 4.99 Å². The maximum atomic E-state index is 12.6. The van der Waals surface area contributed by atoms with Crippen molar-refractivity contribution in [3.05, 3.63) is 29.8 Å². The van der Waals surface area contributed by atoms with Crippen LogP contribution < -0.4 is 5.32 Å². The molecular formula is C19H30N4O3S. The van der Waals surface area contributed by atoms with E-state index in [-0.39, 0.29) is 24.0 Å². The van der Waals surface area contributed by atoms with Crippen LogP contribution in [-0.4, -0.2) is 68.1 Å². The van der Waals surface area contributed by atoms with Crippen molar-refractivity contribution in [3.8, 4) is 0 Å². The Morgan fingerprint density at radius 3 is 2.30 bits per heavy atom. The monoisotopic (exact) mass is 394 g/mol. The van der Waals surface area contributed by atoms with Gasteiger partial charge in [-0.05, 0) is 45.4 Å². The average Bonchev–Trinajstić information content (AvgIpc) is 2.53. The summed E-state index contributed by atoms with van der Waals surface area (Å²) < 4.78 is 23.1. The first-order chi connectivity index (χ1) is 12.5. The molecule has 0 aliphatic carbocycles. The minimum absolute atomic E-state index is 0.0849. The molecule has 0 atom stereocenters. The fourth-order valence-corrected chi connectivity index (χ4v) is 4.31. The molecule has 0 aromatic heterocycles. The van der Waals surface area contributed by atoms with E-state index in [2.05, 4.69) is 24.2 Å². The number of sulfone groups is 1. The SMILES string of the molecule is CN=C(NCc1ccc(S(C)(=O)=O)cc1)N1CC(=O)N(C(C)C)C(C)(C)C1. The Morgan fingerprint density at radius 1 is 1.26 bits per heavy atom. The Labute approximate surface area is 162 Å². The lowest BCUT2D eigenvalue weighted by atomic mass is 9.96. The lowest BCUT2D eigenvalue weighted by Crippen LogP contribution is -2.66. The van der Waals surface area contributed by atoms with Gasteiger partial charge in [0.1, 0.15) is 0 Å². The Balaban J connectivity index is 2.07. The highest BCUT2D eigenvalue weighted by molar-refractivity contribution is 7.90. The normalized spacial score (nSPS) is 18.2. The molecule has 1 aromatic rings. The number of nitrogens with zero attached hydrogens (tertiary/aromatic N) is 3. The zero-order chi connectivity index (χ0) is 20.4. The van der Waals surface area contributed by atoms with Gasteiger partial charge >= 0.3 is 0 Å². The van der Waals surface area contributed by atoms with E-state index < -0.39 is 9.84 Å². The molecule has 0 radical (unpaired) electrons. The summed E-state index contributed by atoms with van der Waals surface area (Å²) in [5.74, 6) is 0.744. The van der Waals surface area contributed by atoms with Crippen LogP contribution in [0.2, 0.25) is 0 Å². The van der Waals surface area contributed by atoms with Gasteiger partial charge in [0.25, 0.3) is 0 Å². The Bertz CT molecular complexity index is 814. The summed E-state index contributed by atoms with van der Waals surface area (Å²) in [4.78, 5) is 21.1. The number of guanidine groups is 1. The van der Waals surface area contributed by atoms with E-state index in [9.17, 15) is 13.2 Å². The van der Waals surface area contributed by atoms with Crippen LogP contribution in [0, 0.1) is 0 Å². The van der Waals surface area contributed by atoms with Gasteiger partial charge in [0, 0.05) is 32.4 Å². The van der Waals surface area contributed by atoms with Crippen LogP contribution in [0.5, 0.6) is 0 Å². The quantitative estimate of drug-likeness (QED) is 0.618. The summed E-state index contributed by atoms with van der Waals surface area (Å²) >= 11 is 0. The smallest absolute Gasteiger partial charge is 0.242 e. The number of rotatable bonds is 4. The van der Waals surface area contributed by atoms with Gasteiger partial charge in [-0.25, -0.2) is 8.42 Å². The van der Waals surface area contributed by atoms with Gasteiger partial charge < -0.3 is 15.1 Å². The molecule has 1 aliphatic rings. The predicted molar refractivity (Wildman–Crippen MR) is 107 cm³/mol. The van der Waals surface area contributed by atoms with Gasteiger partial charge in [0.15, 0.2) is 15.8 Å². The first-order valence-electron chi connectivity index (χ1n) is 9.02. The lowest BCUT2D eigenvalue weighted by molar-refractivity contribution is -0.145. The summed E-state index contributed by atoms with van der Waals surface area (Å²) in [5.41, 5.74) is 0.646. The van der Waals surface area contributed by atoms with Crippen LogP contribution in [0.25, 0.3) is 0 Å². The summed E-state index contributed by atoms with van der Waals surface area (Å²) in [6, 6.07) is 6.91. The molecule has 27 heavy (non-hydrogen) atoms. The average molecular weight is 395 g/mol. The van der Waals surface area contributed by atoms with Crippen molar-refractivity contribution in [3.63, 3.8) is 0 Å². The van der Waals surface area contributed by atoms with Crippen LogP contribution in [0.15, 0.2) is 34.2 Å². The van der Waals surface area contributed by atoms with E-state index in [4.69, 9.17) is 0 Å². The zero-order valence-electron chi connectivity index (χ0n) is 17.0. The van der Waals surface area contributed by atoms with Gasteiger partial charge in [-0.3, -0.25) is 9.79 Å². The summed E-state index contributed by atoms with van der Waals surface area (Å²) in [7, 11) is -1.50. The second-order valence-corrected chi connectivity index (χ2v) is 9.86. The Morgan fingerprint density at radius 2 is 1.85 bits per heavy atom. The van der Waals surface area contributed by atoms with E-state index in [1.54, 1.807) is 31.3 Å². The maximum Gasteiger partial charge on any atom is 0.242 e. The van der Waals surface area contributed by atoms with Crippen LogP contribution in [0.3, 0.4) is 0 Å². The molecule has 2 rings (SSSR count). The first-order valence-corrected chi connectivity index (χ1v) is 10.9. The molecule has 150 valence electrons. The minimum Gasteiger partial charge on any atom is -0.352 e. The van der Waals surface area contributed by atoms with Crippen molar-refractivity contribution in [2.75, 3.05) is 26.4 Å².